The maximum Gasteiger partial charge on any atom is 0.174 e. The molecule has 0 radical (unpaired) electrons. The quantitative estimate of drug-likeness (QED) is 0.639. The highest BCUT2D eigenvalue weighted by Crippen LogP contribution is 2.60. The SMILES string of the molecule is COc1cc2c(c(OC)c1Br)C1C(=O)C3=C(O)c4c(OC)cc(C)cc4C(=O)C3(C2)CC1O. The zero-order valence-corrected chi connectivity index (χ0v) is 20.2. The van der Waals surface area contributed by atoms with Gasteiger partial charge in [-0.15, -0.1) is 0 Å². The molecule has 7 nitrogen and oxygen atoms in total. The number of allylic oxidation sites excluding steroid dienone is 1. The van der Waals surface area contributed by atoms with Gasteiger partial charge in [-0.1, -0.05) is 0 Å². The van der Waals surface area contributed by atoms with Crippen molar-refractivity contribution in [3.8, 4) is 17.2 Å². The summed E-state index contributed by atoms with van der Waals surface area (Å²) in [6, 6.07) is 5.18. The van der Waals surface area contributed by atoms with Crippen LogP contribution in [0.4, 0.5) is 0 Å². The average Bonchev–Trinajstić information content (AvgIpc) is 2.97. The fraction of sp³-hybridized carbons (Fsp3) is 0.360. The van der Waals surface area contributed by atoms with Crippen molar-refractivity contribution >= 4 is 33.3 Å². The third-order valence-electron chi connectivity index (χ3n) is 7.11. The van der Waals surface area contributed by atoms with Gasteiger partial charge in [-0.25, -0.2) is 0 Å². The molecule has 0 aliphatic heterocycles. The van der Waals surface area contributed by atoms with Gasteiger partial charge < -0.3 is 24.4 Å². The average molecular weight is 515 g/mol. The monoisotopic (exact) mass is 514 g/mol. The van der Waals surface area contributed by atoms with Crippen LogP contribution in [0.2, 0.25) is 0 Å². The molecule has 1 fully saturated rings. The number of ketones is 2. The molecule has 172 valence electrons. The Morgan fingerprint density at radius 2 is 1.76 bits per heavy atom. The number of aliphatic hydroxyl groups excluding tert-OH is 2. The van der Waals surface area contributed by atoms with Crippen LogP contribution in [-0.2, 0) is 11.2 Å². The zero-order chi connectivity index (χ0) is 23.8. The molecule has 2 N–H and O–H groups in total. The highest BCUT2D eigenvalue weighted by atomic mass is 79.9. The summed E-state index contributed by atoms with van der Waals surface area (Å²) in [4.78, 5) is 28.0. The molecule has 1 saturated carbocycles. The van der Waals surface area contributed by atoms with Gasteiger partial charge in [-0.2, -0.15) is 0 Å². The Balaban J connectivity index is 1.88. The van der Waals surface area contributed by atoms with Crippen LogP contribution >= 0.6 is 15.9 Å². The summed E-state index contributed by atoms with van der Waals surface area (Å²) in [5, 5.41) is 22.6. The fourth-order valence-electron chi connectivity index (χ4n) is 5.81. The van der Waals surface area contributed by atoms with E-state index in [2.05, 4.69) is 15.9 Å². The number of hydrogen-bond donors (Lipinski definition) is 2. The molecule has 6 rings (SSSR count). The first-order valence-corrected chi connectivity index (χ1v) is 11.3. The smallest absolute Gasteiger partial charge is 0.174 e. The Hall–Kier alpha value is -2.84. The number of benzene rings is 2. The van der Waals surface area contributed by atoms with Gasteiger partial charge in [-0.05, 0) is 65.0 Å². The number of halogens is 1. The van der Waals surface area contributed by atoms with E-state index in [4.69, 9.17) is 14.2 Å². The van der Waals surface area contributed by atoms with Crippen LogP contribution in [0.3, 0.4) is 0 Å². The van der Waals surface area contributed by atoms with Crippen LogP contribution < -0.4 is 14.2 Å². The van der Waals surface area contributed by atoms with E-state index >= 15 is 0 Å². The second kappa shape index (κ2) is 7.33. The summed E-state index contributed by atoms with van der Waals surface area (Å²) in [5.41, 5.74) is 1.09. The summed E-state index contributed by atoms with van der Waals surface area (Å²) in [6.07, 6.45) is -0.994. The molecule has 0 heterocycles. The molecule has 8 heteroatoms. The lowest BCUT2D eigenvalue weighted by Gasteiger charge is -2.43. The lowest BCUT2D eigenvalue weighted by Crippen LogP contribution is -2.49. The molecule has 0 amide bonds. The van der Waals surface area contributed by atoms with Crippen LogP contribution in [-0.4, -0.2) is 49.2 Å². The third kappa shape index (κ3) is 2.71. The van der Waals surface area contributed by atoms with E-state index in [0.29, 0.717) is 32.8 Å². The Kier molecular flexibility index (Phi) is 4.88. The molecule has 3 atom stereocenters. The maximum atomic E-state index is 14.1. The number of aryl methyl sites for hydroxylation is 1. The largest absolute Gasteiger partial charge is 0.507 e. The van der Waals surface area contributed by atoms with Gasteiger partial charge in [0.05, 0.1) is 49.9 Å². The zero-order valence-electron chi connectivity index (χ0n) is 18.6. The van der Waals surface area contributed by atoms with Crippen molar-refractivity contribution < 1.29 is 34.0 Å². The number of fused-ring (bicyclic) bond motifs is 2. The van der Waals surface area contributed by atoms with E-state index in [1.807, 2.05) is 6.92 Å². The van der Waals surface area contributed by atoms with Crippen molar-refractivity contribution in [3.63, 3.8) is 0 Å². The molecule has 33 heavy (non-hydrogen) atoms. The number of Topliss-reactive ketones (excluding diaryl/α,β-unsaturated/α-hetero) is 2. The maximum absolute atomic E-state index is 14.1. The van der Waals surface area contributed by atoms with Crippen LogP contribution in [0.5, 0.6) is 17.2 Å². The second-order valence-corrected chi connectivity index (χ2v) is 9.61. The number of aliphatic hydroxyl groups is 2. The first-order chi connectivity index (χ1) is 15.7. The Labute approximate surface area is 199 Å². The van der Waals surface area contributed by atoms with Crippen molar-refractivity contribution in [2.45, 2.75) is 31.8 Å². The molecule has 4 aliphatic rings. The fourth-order valence-corrected chi connectivity index (χ4v) is 6.46. The minimum Gasteiger partial charge on any atom is -0.507 e. The third-order valence-corrected chi connectivity index (χ3v) is 7.86. The van der Waals surface area contributed by atoms with E-state index in [0.717, 1.165) is 5.56 Å². The summed E-state index contributed by atoms with van der Waals surface area (Å²) in [7, 11) is 4.45. The number of rotatable bonds is 3. The predicted molar refractivity (Wildman–Crippen MR) is 123 cm³/mol. The molecule has 3 unspecified atom stereocenters. The van der Waals surface area contributed by atoms with Gasteiger partial charge in [0, 0.05) is 11.1 Å². The molecule has 0 aromatic heterocycles. The van der Waals surface area contributed by atoms with Gasteiger partial charge in [0.2, 0.25) is 0 Å². The molecule has 2 aromatic carbocycles. The van der Waals surface area contributed by atoms with Crippen molar-refractivity contribution in [3.05, 3.63) is 56.1 Å². The van der Waals surface area contributed by atoms with Crippen LogP contribution in [0, 0.1) is 12.3 Å². The number of carbonyl (C=O) groups excluding carboxylic acids is 2. The first-order valence-electron chi connectivity index (χ1n) is 10.5. The molecular weight excluding hydrogens is 492 g/mol. The van der Waals surface area contributed by atoms with Gasteiger partial charge in [0.1, 0.15) is 27.5 Å². The van der Waals surface area contributed by atoms with Gasteiger partial charge in [-0.3, -0.25) is 9.59 Å². The topological polar surface area (TPSA) is 102 Å². The van der Waals surface area contributed by atoms with E-state index in [-0.39, 0.29) is 41.1 Å². The second-order valence-electron chi connectivity index (χ2n) is 8.81. The Bertz CT molecular complexity index is 1280. The first kappa shape index (κ1) is 22.0. The lowest BCUT2D eigenvalue weighted by atomic mass is 9.58. The normalized spacial score (nSPS) is 25.3. The number of ether oxygens (including phenoxy) is 3. The van der Waals surface area contributed by atoms with Crippen molar-refractivity contribution in [2.75, 3.05) is 21.3 Å². The van der Waals surface area contributed by atoms with Crippen LogP contribution in [0.15, 0.2) is 28.2 Å². The van der Waals surface area contributed by atoms with Crippen LogP contribution in [0.1, 0.15) is 45.0 Å². The number of hydrogen-bond acceptors (Lipinski definition) is 7. The summed E-state index contributed by atoms with van der Waals surface area (Å²) in [6.45, 7) is 1.83. The highest BCUT2D eigenvalue weighted by Gasteiger charge is 2.61. The van der Waals surface area contributed by atoms with E-state index in [9.17, 15) is 19.8 Å². The van der Waals surface area contributed by atoms with Gasteiger partial charge >= 0.3 is 0 Å². The van der Waals surface area contributed by atoms with E-state index < -0.39 is 23.2 Å². The summed E-state index contributed by atoms with van der Waals surface area (Å²) >= 11 is 3.48. The minimum absolute atomic E-state index is 0.00903. The van der Waals surface area contributed by atoms with Gasteiger partial charge in [0.15, 0.2) is 11.6 Å². The molecule has 0 saturated heterocycles. The summed E-state index contributed by atoms with van der Waals surface area (Å²) < 4.78 is 17.1. The molecule has 4 aliphatic carbocycles. The molecule has 1 spiro atoms. The van der Waals surface area contributed by atoms with E-state index in [1.54, 1.807) is 18.2 Å². The van der Waals surface area contributed by atoms with Crippen molar-refractivity contribution in [1.82, 2.24) is 0 Å². The lowest BCUT2D eigenvalue weighted by molar-refractivity contribution is -0.123. The highest BCUT2D eigenvalue weighted by molar-refractivity contribution is 9.10. The molecule has 2 bridgehead atoms. The Morgan fingerprint density at radius 3 is 2.39 bits per heavy atom. The van der Waals surface area contributed by atoms with E-state index in [1.165, 1.54) is 21.3 Å². The molecule has 2 aromatic rings. The standard InChI is InChI=1S/C25H23BrO7/c1-10-5-12-17(14(6-10)31-2)21(28)19-22(29)18-13(27)9-25(19,24(12)30)8-11-7-15(32-3)20(26)23(33-4)16(11)18/h5-7,13,18,27-28H,8-9H2,1-4H3. The number of methoxy groups -OCH3 is 3. The van der Waals surface area contributed by atoms with Crippen LogP contribution in [0.25, 0.3) is 5.76 Å². The van der Waals surface area contributed by atoms with Gasteiger partial charge in [0.25, 0.3) is 0 Å². The Morgan fingerprint density at radius 1 is 1.06 bits per heavy atom. The predicted octanol–water partition coefficient (Wildman–Crippen LogP) is 3.91. The van der Waals surface area contributed by atoms with Crippen molar-refractivity contribution in [2.24, 2.45) is 5.41 Å². The van der Waals surface area contributed by atoms with Crippen molar-refractivity contribution in [1.29, 1.82) is 0 Å². The molecular formula is C25H23BrO7. The minimum atomic E-state index is -1.40. The number of carbonyl (C=O) groups is 2. The summed E-state index contributed by atoms with van der Waals surface area (Å²) in [5.74, 6) is -0.867.